The summed E-state index contributed by atoms with van der Waals surface area (Å²) in [5, 5.41) is 0.948. The molecule has 0 unspecified atom stereocenters. The van der Waals surface area contributed by atoms with Crippen LogP contribution in [0.2, 0.25) is 0 Å². The van der Waals surface area contributed by atoms with E-state index in [1.165, 1.54) is 0 Å². The number of hydrogen-bond acceptors (Lipinski definition) is 5. The molecule has 136 valence electrons. The van der Waals surface area contributed by atoms with Crippen molar-refractivity contribution in [1.29, 1.82) is 0 Å². The Morgan fingerprint density at radius 3 is 2.76 bits per heavy atom. The highest BCUT2D eigenvalue weighted by Crippen LogP contribution is 2.27. The number of methoxy groups -OCH3 is 2. The minimum Gasteiger partial charge on any atom is -0.451 e. The summed E-state index contributed by atoms with van der Waals surface area (Å²) in [5.41, 5.74) is 1.57. The molecule has 0 N–H and O–H groups in total. The standard InChI is InChI=1S/C19H26N2O4/c1-23-13-12-20-8-5-9-21(11-10-20)19(22)18-16(14-24-2)15-6-3-4-7-17(15)25-18/h3-4,6-7H,5,8-14H2,1-2H3. The maximum absolute atomic E-state index is 13.1. The number of rotatable bonds is 6. The lowest BCUT2D eigenvalue weighted by Crippen LogP contribution is -2.36. The van der Waals surface area contributed by atoms with Crippen molar-refractivity contribution >= 4 is 16.9 Å². The molecule has 1 amide bonds. The van der Waals surface area contributed by atoms with Crippen molar-refractivity contribution in [3.8, 4) is 0 Å². The molecule has 3 rings (SSSR count). The highest BCUT2D eigenvalue weighted by atomic mass is 16.5. The number of ether oxygens (including phenoxy) is 2. The largest absolute Gasteiger partial charge is 0.451 e. The molecule has 25 heavy (non-hydrogen) atoms. The van der Waals surface area contributed by atoms with Crippen molar-refractivity contribution in [2.75, 3.05) is 53.6 Å². The molecule has 1 fully saturated rings. The summed E-state index contributed by atoms with van der Waals surface area (Å²) in [6, 6.07) is 7.72. The molecule has 0 atom stereocenters. The monoisotopic (exact) mass is 346 g/mol. The van der Waals surface area contributed by atoms with Gasteiger partial charge in [0, 0.05) is 51.3 Å². The van der Waals surface area contributed by atoms with Crippen molar-refractivity contribution in [3.63, 3.8) is 0 Å². The Morgan fingerprint density at radius 1 is 1.12 bits per heavy atom. The molecule has 1 aromatic carbocycles. The summed E-state index contributed by atoms with van der Waals surface area (Å²) >= 11 is 0. The Morgan fingerprint density at radius 2 is 1.96 bits per heavy atom. The first kappa shape index (κ1) is 17.9. The van der Waals surface area contributed by atoms with Crippen LogP contribution in [0.3, 0.4) is 0 Å². The van der Waals surface area contributed by atoms with E-state index in [-0.39, 0.29) is 5.91 Å². The smallest absolute Gasteiger partial charge is 0.290 e. The van der Waals surface area contributed by atoms with E-state index >= 15 is 0 Å². The van der Waals surface area contributed by atoms with Crippen LogP contribution in [-0.2, 0) is 16.1 Å². The number of benzene rings is 1. The zero-order chi connectivity index (χ0) is 17.6. The van der Waals surface area contributed by atoms with E-state index in [1.54, 1.807) is 14.2 Å². The zero-order valence-corrected chi connectivity index (χ0v) is 15.0. The minimum absolute atomic E-state index is 0.0446. The number of nitrogens with zero attached hydrogens (tertiary/aromatic N) is 2. The van der Waals surface area contributed by atoms with Gasteiger partial charge in [-0.25, -0.2) is 0 Å². The van der Waals surface area contributed by atoms with Crippen LogP contribution in [0.25, 0.3) is 11.0 Å². The molecule has 1 aromatic heterocycles. The molecule has 1 aliphatic heterocycles. The highest BCUT2D eigenvalue weighted by molar-refractivity contribution is 5.99. The van der Waals surface area contributed by atoms with Crippen molar-refractivity contribution in [2.24, 2.45) is 0 Å². The average molecular weight is 346 g/mol. The van der Waals surface area contributed by atoms with E-state index in [2.05, 4.69) is 4.90 Å². The Balaban J connectivity index is 1.78. The van der Waals surface area contributed by atoms with Crippen LogP contribution >= 0.6 is 0 Å². The second kappa shape index (κ2) is 8.47. The Labute approximate surface area is 148 Å². The Kier molecular flexibility index (Phi) is 6.07. The number of hydrogen-bond donors (Lipinski definition) is 0. The molecule has 2 aromatic rings. The molecule has 1 aliphatic rings. The first-order valence-electron chi connectivity index (χ1n) is 8.74. The first-order chi connectivity index (χ1) is 12.2. The quantitative estimate of drug-likeness (QED) is 0.804. The summed E-state index contributed by atoms with van der Waals surface area (Å²) in [4.78, 5) is 17.3. The normalized spacial score (nSPS) is 16.3. The van der Waals surface area contributed by atoms with Gasteiger partial charge >= 0.3 is 0 Å². The fourth-order valence-corrected chi connectivity index (χ4v) is 3.32. The SMILES string of the molecule is COCCN1CCCN(C(=O)c2oc3ccccc3c2COC)CC1. The molecule has 0 radical (unpaired) electrons. The van der Waals surface area contributed by atoms with Gasteiger partial charge in [0.25, 0.3) is 5.91 Å². The van der Waals surface area contributed by atoms with E-state index in [4.69, 9.17) is 13.9 Å². The number of para-hydroxylation sites is 1. The van der Waals surface area contributed by atoms with E-state index in [0.717, 1.165) is 55.7 Å². The van der Waals surface area contributed by atoms with Crippen molar-refractivity contribution in [1.82, 2.24) is 9.80 Å². The number of amides is 1. The van der Waals surface area contributed by atoms with Gasteiger partial charge in [-0.15, -0.1) is 0 Å². The van der Waals surface area contributed by atoms with Gasteiger partial charge in [-0.05, 0) is 19.0 Å². The van der Waals surface area contributed by atoms with Crippen LogP contribution in [0.4, 0.5) is 0 Å². The lowest BCUT2D eigenvalue weighted by molar-refractivity contribution is 0.0723. The number of carbonyl (C=O) groups excluding carboxylic acids is 1. The molecule has 1 saturated heterocycles. The third-order valence-electron chi connectivity index (χ3n) is 4.67. The fraction of sp³-hybridized carbons (Fsp3) is 0.526. The van der Waals surface area contributed by atoms with Crippen molar-refractivity contribution in [3.05, 3.63) is 35.6 Å². The number of carbonyl (C=O) groups is 1. The maximum Gasteiger partial charge on any atom is 0.290 e. The summed E-state index contributed by atoms with van der Waals surface area (Å²) in [5.74, 6) is 0.366. The summed E-state index contributed by atoms with van der Waals surface area (Å²) in [7, 11) is 3.35. The highest BCUT2D eigenvalue weighted by Gasteiger charge is 2.26. The lowest BCUT2D eigenvalue weighted by atomic mass is 10.1. The predicted molar refractivity (Wildman–Crippen MR) is 95.8 cm³/mol. The third-order valence-corrected chi connectivity index (χ3v) is 4.67. The van der Waals surface area contributed by atoms with Crippen LogP contribution in [0.15, 0.2) is 28.7 Å². The van der Waals surface area contributed by atoms with Gasteiger partial charge in [0.15, 0.2) is 5.76 Å². The van der Waals surface area contributed by atoms with Crippen LogP contribution in [0, 0.1) is 0 Å². The van der Waals surface area contributed by atoms with Crippen molar-refractivity contribution < 1.29 is 18.7 Å². The zero-order valence-electron chi connectivity index (χ0n) is 15.0. The van der Waals surface area contributed by atoms with E-state index in [1.807, 2.05) is 29.2 Å². The number of furan rings is 1. The van der Waals surface area contributed by atoms with E-state index < -0.39 is 0 Å². The van der Waals surface area contributed by atoms with Gasteiger partial charge in [0.05, 0.1) is 13.2 Å². The molecule has 2 heterocycles. The lowest BCUT2D eigenvalue weighted by Gasteiger charge is -2.21. The molecule has 6 nitrogen and oxygen atoms in total. The van der Waals surface area contributed by atoms with Crippen LogP contribution in [0.1, 0.15) is 22.5 Å². The molecular formula is C19H26N2O4. The van der Waals surface area contributed by atoms with Gasteiger partial charge in [-0.1, -0.05) is 18.2 Å². The Hall–Kier alpha value is -1.89. The topological polar surface area (TPSA) is 55.2 Å². The molecule has 6 heteroatoms. The maximum atomic E-state index is 13.1. The third kappa shape index (κ3) is 4.03. The fourth-order valence-electron chi connectivity index (χ4n) is 3.32. The minimum atomic E-state index is -0.0446. The summed E-state index contributed by atoms with van der Waals surface area (Å²) in [6.07, 6.45) is 0.954. The van der Waals surface area contributed by atoms with E-state index in [0.29, 0.717) is 18.9 Å². The van der Waals surface area contributed by atoms with Crippen LogP contribution < -0.4 is 0 Å². The molecular weight excluding hydrogens is 320 g/mol. The molecule has 0 saturated carbocycles. The summed E-state index contributed by atoms with van der Waals surface area (Å²) in [6.45, 7) is 5.27. The van der Waals surface area contributed by atoms with Gasteiger partial charge in [0.2, 0.25) is 0 Å². The van der Waals surface area contributed by atoms with Gasteiger partial charge < -0.3 is 18.8 Å². The molecule has 0 aliphatic carbocycles. The summed E-state index contributed by atoms with van der Waals surface area (Å²) < 4.78 is 16.4. The number of fused-ring (bicyclic) bond motifs is 1. The van der Waals surface area contributed by atoms with Gasteiger partial charge in [-0.3, -0.25) is 9.69 Å². The predicted octanol–water partition coefficient (Wildman–Crippen LogP) is 2.37. The van der Waals surface area contributed by atoms with Crippen LogP contribution in [0.5, 0.6) is 0 Å². The molecule has 0 bridgehead atoms. The van der Waals surface area contributed by atoms with E-state index in [9.17, 15) is 4.79 Å². The van der Waals surface area contributed by atoms with Crippen LogP contribution in [-0.4, -0.2) is 69.3 Å². The van der Waals surface area contributed by atoms with Gasteiger partial charge in [-0.2, -0.15) is 0 Å². The second-order valence-corrected chi connectivity index (χ2v) is 6.32. The van der Waals surface area contributed by atoms with Gasteiger partial charge in [0.1, 0.15) is 5.58 Å². The molecule has 0 spiro atoms. The van der Waals surface area contributed by atoms with Crippen molar-refractivity contribution in [2.45, 2.75) is 13.0 Å². The Bertz CT molecular complexity index is 713. The average Bonchev–Trinajstić information content (AvgIpc) is 2.83. The first-order valence-corrected chi connectivity index (χ1v) is 8.74. The second-order valence-electron chi connectivity index (χ2n) is 6.32.